The first kappa shape index (κ1) is 10.3. The Hall–Kier alpha value is -1.20. The summed E-state index contributed by atoms with van der Waals surface area (Å²) in [5.74, 6) is 0. The van der Waals surface area contributed by atoms with E-state index in [1.807, 2.05) is 30.5 Å². The number of aliphatic hydroxyl groups is 1. The average molecular weight is 268 g/mol. The van der Waals surface area contributed by atoms with E-state index >= 15 is 0 Å². The van der Waals surface area contributed by atoms with Gasteiger partial charge in [0.2, 0.25) is 0 Å². The van der Waals surface area contributed by atoms with Crippen molar-refractivity contribution in [3.05, 3.63) is 40.6 Å². The van der Waals surface area contributed by atoms with E-state index in [1.165, 1.54) is 0 Å². The van der Waals surface area contributed by atoms with Gasteiger partial charge in [-0.1, -0.05) is 17.3 Å². The summed E-state index contributed by atoms with van der Waals surface area (Å²) in [6.45, 7) is 0.0919. The zero-order valence-corrected chi connectivity index (χ0v) is 9.55. The van der Waals surface area contributed by atoms with Crippen LogP contribution in [0.5, 0.6) is 0 Å². The molecule has 1 aromatic heterocycles. The van der Waals surface area contributed by atoms with Gasteiger partial charge in [0, 0.05) is 17.5 Å². The monoisotopic (exact) mass is 267 g/mol. The number of hydrogen-bond acceptors (Lipinski definition) is 3. The van der Waals surface area contributed by atoms with Crippen LogP contribution in [0.25, 0.3) is 5.69 Å². The summed E-state index contributed by atoms with van der Waals surface area (Å²) in [5, 5.41) is 16.7. The van der Waals surface area contributed by atoms with Gasteiger partial charge in [0.15, 0.2) is 0 Å². The molecule has 0 aliphatic rings. The molecule has 0 unspecified atom stereocenters. The molecule has 2 rings (SSSR count). The van der Waals surface area contributed by atoms with Gasteiger partial charge in [0.1, 0.15) is 0 Å². The van der Waals surface area contributed by atoms with Gasteiger partial charge in [-0.3, -0.25) is 0 Å². The first-order valence-corrected chi connectivity index (χ1v) is 5.37. The van der Waals surface area contributed by atoms with E-state index in [4.69, 9.17) is 5.11 Å². The molecule has 0 bridgehead atoms. The normalized spacial score (nSPS) is 10.5. The van der Waals surface area contributed by atoms with Gasteiger partial charge in [0.05, 0.1) is 17.6 Å². The van der Waals surface area contributed by atoms with Crippen LogP contribution in [-0.2, 0) is 6.42 Å². The third kappa shape index (κ3) is 2.24. The van der Waals surface area contributed by atoms with E-state index in [0.29, 0.717) is 6.42 Å². The highest BCUT2D eigenvalue weighted by atomic mass is 79.9. The lowest BCUT2D eigenvalue weighted by Gasteiger charge is -2.01. The Morgan fingerprint density at radius 3 is 2.87 bits per heavy atom. The van der Waals surface area contributed by atoms with Gasteiger partial charge in [-0.05, 0) is 28.1 Å². The molecule has 5 heteroatoms. The molecule has 4 nitrogen and oxygen atoms in total. The molecule has 0 radical (unpaired) electrons. The van der Waals surface area contributed by atoms with E-state index in [-0.39, 0.29) is 6.61 Å². The highest BCUT2D eigenvalue weighted by Crippen LogP contribution is 2.19. The molecule has 0 aliphatic carbocycles. The molecule has 0 fully saturated rings. The highest BCUT2D eigenvalue weighted by molar-refractivity contribution is 9.10. The standard InChI is InChI=1S/C10H10BrN3O/c11-9-3-1-2-4-10(9)14-7-8(5-6-15)12-13-14/h1-4,7,15H,5-6H2. The lowest BCUT2D eigenvalue weighted by molar-refractivity contribution is 0.298. The van der Waals surface area contributed by atoms with Crippen LogP contribution in [0.15, 0.2) is 34.9 Å². The third-order valence-electron chi connectivity index (χ3n) is 2.01. The van der Waals surface area contributed by atoms with Gasteiger partial charge < -0.3 is 5.11 Å². The van der Waals surface area contributed by atoms with Crippen molar-refractivity contribution < 1.29 is 5.11 Å². The van der Waals surface area contributed by atoms with Gasteiger partial charge in [-0.2, -0.15) is 0 Å². The molecule has 0 saturated carbocycles. The molecule has 1 aromatic carbocycles. The van der Waals surface area contributed by atoms with Gasteiger partial charge in [0.25, 0.3) is 0 Å². The molecule has 0 saturated heterocycles. The Labute approximate surface area is 95.7 Å². The molecular formula is C10H10BrN3O. The van der Waals surface area contributed by atoms with Crippen molar-refractivity contribution in [3.8, 4) is 5.69 Å². The smallest absolute Gasteiger partial charge is 0.0854 e. The van der Waals surface area contributed by atoms with E-state index in [0.717, 1.165) is 15.9 Å². The van der Waals surface area contributed by atoms with Crippen LogP contribution in [-0.4, -0.2) is 26.7 Å². The molecule has 0 atom stereocenters. The summed E-state index contributed by atoms with van der Waals surface area (Å²) in [6, 6.07) is 7.77. The maximum atomic E-state index is 8.77. The fourth-order valence-electron chi connectivity index (χ4n) is 1.28. The van der Waals surface area contributed by atoms with E-state index < -0.39 is 0 Å². The largest absolute Gasteiger partial charge is 0.396 e. The van der Waals surface area contributed by atoms with E-state index in [1.54, 1.807) is 4.68 Å². The van der Waals surface area contributed by atoms with Crippen molar-refractivity contribution >= 4 is 15.9 Å². The average Bonchev–Trinajstić information content (AvgIpc) is 2.68. The number of halogens is 1. The van der Waals surface area contributed by atoms with Crippen LogP contribution >= 0.6 is 15.9 Å². The number of hydrogen-bond donors (Lipinski definition) is 1. The minimum Gasteiger partial charge on any atom is -0.396 e. The fourth-order valence-corrected chi connectivity index (χ4v) is 1.75. The predicted molar refractivity (Wildman–Crippen MR) is 59.8 cm³/mol. The van der Waals surface area contributed by atoms with Crippen LogP contribution in [0.4, 0.5) is 0 Å². The maximum absolute atomic E-state index is 8.77. The SMILES string of the molecule is OCCc1cn(-c2ccccc2Br)nn1. The molecule has 0 amide bonds. The Kier molecular flexibility index (Phi) is 3.13. The zero-order chi connectivity index (χ0) is 10.7. The van der Waals surface area contributed by atoms with Crippen LogP contribution in [0.3, 0.4) is 0 Å². The summed E-state index contributed by atoms with van der Waals surface area (Å²) < 4.78 is 2.65. The van der Waals surface area contributed by atoms with Crippen molar-refractivity contribution in [3.63, 3.8) is 0 Å². The fraction of sp³-hybridized carbons (Fsp3) is 0.200. The number of aromatic nitrogens is 3. The molecule has 15 heavy (non-hydrogen) atoms. The maximum Gasteiger partial charge on any atom is 0.0854 e. The van der Waals surface area contributed by atoms with Crippen molar-refractivity contribution in [2.75, 3.05) is 6.61 Å². The molecule has 78 valence electrons. The number of rotatable bonds is 3. The van der Waals surface area contributed by atoms with Crippen molar-refractivity contribution in [1.29, 1.82) is 0 Å². The van der Waals surface area contributed by atoms with Gasteiger partial charge in [-0.15, -0.1) is 5.10 Å². The van der Waals surface area contributed by atoms with Crippen molar-refractivity contribution in [2.24, 2.45) is 0 Å². The van der Waals surface area contributed by atoms with E-state index in [2.05, 4.69) is 26.2 Å². The Balaban J connectivity index is 2.33. The second kappa shape index (κ2) is 4.55. The lowest BCUT2D eigenvalue weighted by atomic mass is 10.3. The van der Waals surface area contributed by atoms with Crippen molar-refractivity contribution in [2.45, 2.75) is 6.42 Å². The molecule has 0 aliphatic heterocycles. The van der Waals surface area contributed by atoms with Crippen LogP contribution in [0.2, 0.25) is 0 Å². The first-order valence-electron chi connectivity index (χ1n) is 4.58. The third-order valence-corrected chi connectivity index (χ3v) is 2.68. The number of nitrogens with zero attached hydrogens (tertiary/aromatic N) is 3. The summed E-state index contributed by atoms with van der Waals surface area (Å²) in [5.41, 5.74) is 1.72. The minimum absolute atomic E-state index is 0.0919. The van der Waals surface area contributed by atoms with Crippen molar-refractivity contribution in [1.82, 2.24) is 15.0 Å². The molecule has 2 aromatic rings. The Morgan fingerprint density at radius 2 is 2.13 bits per heavy atom. The molecule has 1 N–H and O–H groups in total. The molecule has 0 spiro atoms. The molecular weight excluding hydrogens is 258 g/mol. The number of para-hydroxylation sites is 1. The number of benzene rings is 1. The topological polar surface area (TPSA) is 50.9 Å². The Morgan fingerprint density at radius 1 is 1.33 bits per heavy atom. The van der Waals surface area contributed by atoms with Crippen LogP contribution < -0.4 is 0 Å². The minimum atomic E-state index is 0.0919. The number of aliphatic hydroxyl groups excluding tert-OH is 1. The van der Waals surface area contributed by atoms with E-state index in [9.17, 15) is 0 Å². The lowest BCUT2D eigenvalue weighted by Crippen LogP contribution is -1.95. The van der Waals surface area contributed by atoms with Gasteiger partial charge in [-0.25, -0.2) is 4.68 Å². The van der Waals surface area contributed by atoms with Gasteiger partial charge >= 0.3 is 0 Å². The zero-order valence-electron chi connectivity index (χ0n) is 7.97. The summed E-state index contributed by atoms with van der Waals surface area (Å²) in [7, 11) is 0. The summed E-state index contributed by atoms with van der Waals surface area (Å²) >= 11 is 3.44. The predicted octanol–water partition coefficient (Wildman–Crippen LogP) is 1.56. The van der Waals surface area contributed by atoms with Crippen LogP contribution in [0, 0.1) is 0 Å². The summed E-state index contributed by atoms with van der Waals surface area (Å²) in [6.07, 6.45) is 2.35. The highest BCUT2D eigenvalue weighted by Gasteiger charge is 2.04. The second-order valence-electron chi connectivity index (χ2n) is 3.08. The first-order chi connectivity index (χ1) is 7.31. The van der Waals surface area contributed by atoms with Crippen LogP contribution in [0.1, 0.15) is 5.69 Å². The summed E-state index contributed by atoms with van der Waals surface area (Å²) in [4.78, 5) is 0. The second-order valence-corrected chi connectivity index (χ2v) is 3.93. The molecule has 1 heterocycles. The quantitative estimate of drug-likeness (QED) is 0.919. The Bertz CT molecular complexity index is 455.